The van der Waals surface area contributed by atoms with Crippen molar-refractivity contribution in [1.82, 2.24) is 0 Å². The zero-order chi connectivity index (χ0) is 14.2. The molecule has 1 fully saturated rings. The molecule has 0 aliphatic carbocycles. The maximum absolute atomic E-state index is 10.0. The molecule has 1 heterocycles. The SMILES string of the molecule is CCC1CCC(C(O)CCSOOc2ccccc2)O1. The zero-order valence-corrected chi connectivity index (χ0v) is 12.6. The fraction of sp³-hybridized carbons (Fsp3) is 0.600. The van der Waals surface area contributed by atoms with Gasteiger partial charge in [0.2, 0.25) is 0 Å². The topological polar surface area (TPSA) is 47.9 Å². The van der Waals surface area contributed by atoms with Crippen molar-refractivity contribution in [1.29, 1.82) is 0 Å². The summed E-state index contributed by atoms with van der Waals surface area (Å²) in [4.78, 5) is 5.10. The Morgan fingerprint density at radius 2 is 2.15 bits per heavy atom. The van der Waals surface area contributed by atoms with Crippen LogP contribution < -0.4 is 4.89 Å². The molecule has 112 valence electrons. The summed E-state index contributed by atoms with van der Waals surface area (Å²) in [6.07, 6.45) is 3.55. The van der Waals surface area contributed by atoms with Crippen LogP contribution in [0.1, 0.15) is 32.6 Å². The summed E-state index contributed by atoms with van der Waals surface area (Å²) in [6, 6.07) is 9.34. The van der Waals surface area contributed by atoms with E-state index in [4.69, 9.17) is 14.0 Å². The third-order valence-corrected chi connectivity index (χ3v) is 4.01. The predicted molar refractivity (Wildman–Crippen MR) is 79.4 cm³/mol. The fourth-order valence-corrected chi connectivity index (χ4v) is 2.78. The lowest BCUT2D eigenvalue weighted by molar-refractivity contribution is -0.0783. The molecule has 5 heteroatoms. The van der Waals surface area contributed by atoms with Crippen molar-refractivity contribution in [3.63, 3.8) is 0 Å². The maximum atomic E-state index is 10.0. The van der Waals surface area contributed by atoms with Gasteiger partial charge in [-0.1, -0.05) is 25.1 Å². The highest BCUT2D eigenvalue weighted by molar-refractivity contribution is 7.94. The molecule has 1 aliphatic heterocycles. The highest BCUT2D eigenvalue weighted by Crippen LogP contribution is 2.26. The molecular formula is C15H22O4S. The first kappa shape index (κ1) is 15.6. The quantitative estimate of drug-likeness (QED) is 0.345. The number of rotatable bonds is 8. The van der Waals surface area contributed by atoms with Crippen molar-refractivity contribution < 1.29 is 19.1 Å². The third kappa shape index (κ3) is 4.98. The lowest BCUT2D eigenvalue weighted by Crippen LogP contribution is -2.26. The van der Waals surface area contributed by atoms with Gasteiger partial charge in [-0.3, -0.25) is 0 Å². The fourth-order valence-electron chi connectivity index (χ4n) is 2.25. The Balaban J connectivity index is 1.55. The second-order valence-corrected chi connectivity index (χ2v) is 5.70. The van der Waals surface area contributed by atoms with Crippen LogP contribution in [0.25, 0.3) is 0 Å². The Morgan fingerprint density at radius 3 is 2.85 bits per heavy atom. The monoisotopic (exact) mass is 298 g/mol. The molecule has 3 atom stereocenters. The van der Waals surface area contributed by atoms with E-state index in [0.29, 0.717) is 24.0 Å². The summed E-state index contributed by atoms with van der Waals surface area (Å²) >= 11 is 1.20. The van der Waals surface area contributed by atoms with Crippen molar-refractivity contribution >= 4 is 12.0 Å². The summed E-state index contributed by atoms with van der Waals surface area (Å²) in [5.41, 5.74) is 0. The number of hydrogen-bond donors (Lipinski definition) is 1. The van der Waals surface area contributed by atoms with E-state index >= 15 is 0 Å². The standard InChI is InChI=1S/C15H22O4S/c1-2-12-8-9-15(17-12)14(16)10-11-20-19-18-13-6-4-3-5-7-13/h3-7,12,14-16H,2,8-11H2,1H3. The van der Waals surface area contributed by atoms with Gasteiger partial charge in [0.05, 0.1) is 18.3 Å². The maximum Gasteiger partial charge on any atom is 0.166 e. The second-order valence-electron chi connectivity index (χ2n) is 4.92. The number of benzene rings is 1. The minimum Gasteiger partial charge on any atom is -0.390 e. The van der Waals surface area contributed by atoms with E-state index < -0.39 is 6.10 Å². The zero-order valence-electron chi connectivity index (χ0n) is 11.7. The molecule has 0 saturated carbocycles. The molecule has 1 aliphatic rings. The normalized spacial score (nSPS) is 23.7. The van der Waals surface area contributed by atoms with Crippen molar-refractivity contribution in [3.05, 3.63) is 30.3 Å². The molecule has 0 aromatic heterocycles. The first-order chi connectivity index (χ1) is 9.79. The molecule has 3 unspecified atom stereocenters. The first-order valence-corrected chi connectivity index (χ1v) is 8.05. The van der Waals surface area contributed by atoms with E-state index in [1.165, 1.54) is 12.0 Å². The number of hydrogen-bond acceptors (Lipinski definition) is 5. The van der Waals surface area contributed by atoms with Crippen LogP contribution >= 0.6 is 12.0 Å². The summed E-state index contributed by atoms with van der Waals surface area (Å²) in [5.74, 6) is 1.34. The van der Waals surface area contributed by atoms with E-state index in [0.717, 1.165) is 19.3 Å². The molecule has 0 radical (unpaired) electrons. The van der Waals surface area contributed by atoms with Crippen LogP contribution in [0.5, 0.6) is 5.75 Å². The molecular weight excluding hydrogens is 276 g/mol. The van der Waals surface area contributed by atoms with Gasteiger partial charge in [0, 0.05) is 17.8 Å². The van der Waals surface area contributed by atoms with Crippen LogP contribution in [0.4, 0.5) is 0 Å². The van der Waals surface area contributed by atoms with Gasteiger partial charge in [-0.2, -0.15) is 0 Å². The largest absolute Gasteiger partial charge is 0.390 e. The van der Waals surface area contributed by atoms with Crippen molar-refractivity contribution in [2.45, 2.75) is 50.9 Å². The van der Waals surface area contributed by atoms with Gasteiger partial charge in [0.1, 0.15) is 0 Å². The molecule has 20 heavy (non-hydrogen) atoms. The van der Waals surface area contributed by atoms with Crippen LogP contribution in [0.15, 0.2) is 30.3 Å². The van der Waals surface area contributed by atoms with Crippen LogP contribution in [0.3, 0.4) is 0 Å². The van der Waals surface area contributed by atoms with Gasteiger partial charge in [-0.05, 0) is 37.8 Å². The Hall–Kier alpha value is -0.750. The van der Waals surface area contributed by atoms with Crippen molar-refractivity contribution in [3.8, 4) is 5.75 Å². The van der Waals surface area contributed by atoms with E-state index in [1.807, 2.05) is 30.3 Å². The second kappa shape index (κ2) is 8.52. The highest BCUT2D eigenvalue weighted by atomic mass is 32.2. The number of para-hydroxylation sites is 1. The lowest BCUT2D eigenvalue weighted by atomic mass is 10.1. The van der Waals surface area contributed by atoms with Gasteiger partial charge in [-0.25, -0.2) is 0 Å². The van der Waals surface area contributed by atoms with Crippen LogP contribution in [0, 0.1) is 0 Å². The van der Waals surface area contributed by atoms with E-state index in [1.54, 1.807) is 0 Å². The molecule has 4 nitrogen and oxygen atoms in total. The molecule has 0 amide bonds. The van der Waals surface area contributed by atoms with Crippen molar-refractivity contribution in [2.75, 3.05) is 5.75 Å². The van der Waals surface area contributed by atoms with E-state index in [-0.39, 0.29) is 6.10 Å². The number of aliphatic hydroxyl groups is 1. The summed E-state index contributed by atoms with van der Waals surface area (Å²) in [5, 5.41) is 10.0. The molecule has 0 bridgehead atoms. The average Bonchev–Trinajstić information content (AvgIpc) is 2.97. The average molecular weight is 298 g/mol. The summed E-state index contributed by atoms with van der Waals surface area (Å²) in [7, 11) is 0. The Labute approximate surface area is 124 Å². The molecule has 0 spiro atoms. The molecule has 2 rings (SSSR count). The summed E-state index contributed by atoms with van der Waals surface area (Å²) in [6.45, 7) is 2.12. The van der Waals surface area contributed by atoms with Crippen molar-refractivity contribution in [2.24, 2.45) is 0 Å². The highest BCUT2D eigenvalue weighted by Gasteiger charge is 2.29. The van der Waals surface area contributed by atoms with E-state index in [9.17, 15) is 5.11 Å². The lowest BCUT2D eigenvalue weighted by Gasteiger charge is -2.18. The molecule has 1 saturated heterocycles. The molecule has 1 aromatic rings. The third-order valence-electron chi connectivity index (χ3n) is 3.44. The Morgan fingerprint density at radius 1 is 1.35 bits per heavy atom. The first-order valence-electron chi connectivity index (χ1n) is 7.14. The number of aliphatic hydroxyl groups excluding tert-OH is 1. The van der Waals surface area contributed by atoms with Gasteiger partial charge < -0.3 is 14.7 Å². The number of ether oxygens (including phenoxy) is 1. The van der Waals surface area contributed by atoms with Gasteiger partial charge >= 0.3 is 0 Å². The predicted octanol–water partition coefficient (Wildman–Crippen LogP) is 3.35. The minimum atomic E-state index is -0.417. The molecule has 1 N–H and O–H groups in total. The Bertz CT molecular complexity index is 373. The van der Waals surface area contributed by atoms with Crippen LogP contribution in [-0.2, 0) is 9.07 Å². The van der Waals surface area contributed by atoms with Crippen LogP contribution in [0.2, 0.25) is 0 Å². The smallest absolute Gasteiger partial charge is 0.166 e. The minimum absolute atomic E-state index is 0.0180. The van der Waals surface area contributed by atoms with Crippen LogP contribution in [-0.4, -0.2) is 29.2 Å². The molecule has 1 aromatic carbocycles. The summed E-state index contributed by atoms with van der Waals surface area (Å²) < 4.78 is 10.8. The van der Waals surface area contributed by atoms with Gasteiger partial charge in [0.15, 0.2) is 5.75 Å². The van der Waals surface area contributed by atoms with E-state index in [2.05, 4.69) is 6.92 Å². The Kier molecular flexibility index (Phi) is 6.66. The van der Waals surface area contributed by atoms with Gasteiger partial charge in [-0.15, -0.1) is 4.33 Å². The van der Waals surface area contributed by atoms with Gasteiger partial charge in [0.25, 0.3) is 0 Å².